The van der Waals surface area contributed by atoms with Crippen LogP contribution in [0.25, 0.3) is 0 Å². The van der Waals surface area contributed by atoms with E-state index in [1.54, 1.807) is 0 Å². The molecule has 2 atom stereocenters. The summed E-state index contributed by atoms with van der Waals surface area (Å²) in [6.07, 6.45) is 0. The van der Waals surface area contributed by atoms with Crippen LogP contribution in [-0.4, -0.2) is 81.3 Å². The van der Waals surface area contributed by atoms with Gasteiger partial charge in [0.2, 0.25) is 5.91 Å². The summed E-state index contributed by atoms with van der Waals surface area (Å²) in [6.45, 7) is 10.7. The van der Waals surface area contributed by atoms with Gasteiger partial charge in [0.25, 0.3) is 0 Å². The Morgan fingerprint density at radius 2 is 1.95 bits per heavy atom. The molecular formula is C14H30N4O2. The Kier molecular flexibility index (Phi) is 8.06. The number of likely N-dealkylation sites (N-methyl/N-ethyl adjacent to an activating group) is 1. The Hall–Kier alpha value is -0.690. The van der Waals surface area contributed by atoms with Crippen molar-refractivity contribution in [3.05, 3.63) is 0 Å². The second-order valence-corrected chi connectivity index (χ2v) is 5.24. The van der Waals surface area contributed by atoms with Crippen molar-refractivity contribution in [2.24, 2.45) is 11.7 Å². The topological polar surface area (TPSA) is 70.8 Å². The molecule has 2 saturated heterocycles. The van der Waals surface area contributed by atoms with Gasteiger partial charge in [0, 0.05) is 45.3 Å². The lowest BCUT2D eigenvalue weighted by Crippen LogP contribution is -2.45. The van der Waals surface area contributed by atoms with Crippen LogP contribution in [-0.2, 0) is 9.53 Å². The number of amides is 1. The Labute approximate surface area is 122 Å². The van der Waals surface area contributed by atoms with Gasteiger partial charge in [-0.3, -0.25) is 9.69 Å². The quantitative estimate of drug-likeness (QED) is 0.719. The monoisotopic (exact) mass is 286 g/mol. The summed E-state index contributed by atoms with van der Waals surface area (Å²) in [4.78, 5) is 16.4. The van der Waals surface area contributed by atoms with Gasteiger partial charge in [0.15, 0.2) is 0 Å². The van der Waals surface area contributed by atoms with Crippen molar-refractivity contribution in [3.63, 3.8) is 0 Å². The zero-order valence-electron chi connectivity index (χ0n) is 13.1. The van der Waals surface area contributed by atoms with E-state index >= 15 is 0 Å². The highest BCUT2D eigenvalue weighted by Crippen LogP contribution is 2.13. The highest BCUT2D eigenvalue weighted by molar-refractivity contribution is 5.80. The van der Waals surface area contributed by atoms with Crippen LogP contribution in [0.15, 0.2) is 0 Å². The van der Waals surface area contributed by atoms with E-state index in [2.05, 4.69) is 15.1 Å². The molecule has 2 fully saturated rings. The van der Waals surface area contributed by atoms with Crippen molar-refractivity contribution in [3.8, 4) is 0 Å². The van der Waals surface area contributed by atoms with E-state index < -0.39 is 0 Å². The van der Waals surface area contributed by atoms with Crippen LogP contribution in [0, 0.1) is 5.92 Å². The molecule has 2 rings (SSSR count). The molecule has 2 heterocycles. The predicted octanol–water partition coefficient (Wildman–Crippen LogP) is -0.650. The standard InChI is InChI=1S/C12H24N4O2.C2H6/c1-15-8-10(11(13)9-15)12(17)14-2-3-16-4-6-18-7-5-16;1-2/h10-11H,2-9,13H2,1H3,(H,14,17);1-2H3. The third-order valence-electron chi connectivity index (χ3n) is 3.72. The fourth-order valence-corrected chi connectivity index (χ4v) is 2.60. The summed E-state index contributed by atoms with van der Waals surface area (Å²) in [5.74, 6) is 0.0415. The zero-order valence-corrected chi connectivity index (χ0v) is 13.1. The zero-order chi connectivity index (χ0) is 15.0. The Bertz CT molecular complexity index is 282. The lowest BCUT2D eigenvalue weighted by Gasteiger charge is -2.26. The minimum absolute atomic E-state index is 0.0293. The summed E-state index contributed by atoms with van der Waals surface area (Å²) in [5, 5.41) is 2.99. The number of nitrogens with one attached hydrogen (secondary N) is 1. The van der Waals surface area contributed by atoms with Gasteiger partial charge in [-0.05, 0) is 7.05 Å². The van der Waals surface area contributed by atoms with Crippen molar-refractivity contribution in [1.82, 2.24) is 15.1 Å². The number of morpholine rings is 1. The van der Waals surface area contributed by atoms with Crippen LogP contribution in [0.2, 0.25) is 0 Å². The Morgan fingerprint density at radius 1 is 1.30 bits per heavy atom. The van der Waals surface area contributed by atoms with Crippen molar-refractivity contribution in [2.45, 2.75) is 19.9 Å². The molecule has 0 spiro atoms. The summed E-state index contributed by atoms with van der Waals surface area (Å²) in [5.41, 5.74) is 5.96. The highest BCUT2D eigenvalue weighted by Gasteiger charge is 2.33. The van der Waals surface area contributed by atoms with Crippen LogP contribution in [0.1, 0.15) is 13.8 Å². The molecule has 3 N–H and O–H groups in total. The molecule has 2 aliphatic rings. The van der Waals surface area contributed by atoms with Crippen LogP contribution < -0.4 is 11.1 Å². The van der Waals surface area contributed by atoms with Crippen molar-refractivity contribution in [1.29, 1.82) is 0 Å². The molecule has 0 aromatic rings. The maximum Gasteiger partial charge on any atom is 0.226 e. The van der Waals surface area contributed by atoms with E-state index in [1.807, 2.05) is 20.9 Å². The third-order valence-corrected chi connectivity index (χ3v) is 3.72. The maximum absolute atomic E-state index is 12.0. The molecule has 20 heavy (non-hydrogen) atoms. The van der Waals surface area contributed by atoms with Crippen molar-refractivity contribution < 1.29 is 9.53 Å². The number of nitrogens with two attached hydrogens (primary N) is 1. The molecule has 0 saturated carbocycles. The van der Waals surface area contributed by atoms with E-state index in [1.165, 1.54) is 0 Å². The lowest BCUT2D eigenvalue weighted by molar-refractivity contribution is -0.125. The number of hydrogen-bond donors (Lipinski definition) is 2. The molecule has 6 heteroatoms. The first kappa shape index (κ1) is 17.4. The average Bonchev–Trinajstić information content (AvgIpc) is 2.81. The predicted molar refractivity (Wildman–Crippen MR) is 80.6 cm³/mol. The molecule has 2 unspecified atom stereocenters. The van der Waals surface area contributed by atoms with Gasteiger partial charge in [-0.2, -0.15) is 0 Å². The first-order valence-corrected chi connectivity index (χ1v) is 7.69. The van der Waals surface area contributed by atoms with Gasteiger partial charge >= 0.3 is 0 Å². The summed E-state index contributed by atoms with van der Waals surface area (Å²) < 4.78 is 5.28. The largest absolute Gasteiger partial charge is 0.379 e. The second-order valence-electron chi connectivity index (χ2n) is 5.24. The second kappa shape index (κ2) is 9.28. The van der Waals surface area contributed by atoms with E-state index in [0.29, 0.717) is 6.54 Å². The van der Waals surface area contributed by atoms with Gasteiger partial charge in [-0.25, -0.2) is 0 Å². The van der Waals surface area contributed by atoms with Gasteiger partial charge in [0.05, 0.1) is 19.1 Å². The smallest absolute Gasteiger partial charge is 0.226 e. The molecule has 0 aliphatic carbocycles. The summed E-state index contributed by atoms with van der Waals surface area (Å²) >= 11 is 0. The van der Waals surface area contributed by atoms with Gasteiger partial charge in [-0.1, -0.05) is 13.8 Å². The van der Waals surface area contributed by atoms with E-state index in [0.717, 1.165) is 45.9 Å². The van der Waals surface area contributed by atoms with E-state index in [4.69, 9.17) is 10.5 Å². The fraction of sp³-hybridized carbons (Fsp3) is 0.929. The minimum Gasteiger partial charge on any atom is -0.379 e. The number of nitrogens with zero attached hydrogens (tertiary/aromatic N) is 2. The van der Waals surface area contributed by atoms with Crippen molar-refractivity contribution >= 4 is 5.91 Å². The van der Waals surface area contributed by atoms with Crippen molar-refractivity contribution in [2.75, 3.05) is 59.5 Å². The number of carbonyl (C=O) groups is 1. The average molecular weight is 286 g/mol. The fourth-order valence-electron chi connectivity index (χ4n) is 2.60. The number of likely N-dealkylation sites (tertiary alicyclic amines) is 1. The molecule has 0 radical (unpaired) electrons. The molecule has 6 nitrogen and oxygen atoms in total. The maximum atomic E-state index is 12.0. The van der Waals surface area contributed by atoms with Gasteiger partial charge in [0.1, 0.15) is 0 Å². The number of rotatable bonds is 4. The van der Waals surface area contributed by atoms with Crippen LogP contribution in [0.4, 0.5) is 0 Å². The first-order valence-electron chi connectivity index (χ1n) is 7.69. The summed E-state index contributed by atoms with van der Waals surface area (Å²) in [7, 11) is 2.00. The molecule has 0 aromatic heterocycles. The molecule has 1 amide bonds. The van der Waals surface area contributed by atoms with Gasteiger partial charge < -0.3 is 20.7 Å². The molecule has 118 valence electrons. The Morgan fingerprint density at radius 3 is 2.50 bits per heavy atom. The normalized spacial score (nSPS) is 27.8. The van der Waals surface area contributed by atoms with E-state index in [9.17, 15) is 4.79 Å². The summed E-state index contributed by atoms with van der Waals surface area (Å²) in [6, 6.07) is -0.0293. The molecule has 0 bridgehead atoms. The van der Waals surface area contributed by atoms with Crippen LogP contribution in [0.3, 0.4) is 0 Å². The van der Waals surface area contributed by atoms with Crippen LogP contribution >= 0.6 is 0 Å². The number of hydrogen-bond acceptors (Lipinski definition) is 5. The first-order chi connectivity index (χ1) is 9.66. The molecular weight excluding hydrogens is 256 g/mol. The Balaban J connectivity index is 0.000000956. The third kappa shape index (κ3) is 5.36. The number of carbonyl (C=O) groups excluding carboxylic acids is 1. The van der Waals surface area contributed by atoms with Crippen LogP contribution in [0.5, 0.6) is 0 Å². The SMILES string of the molecule is CC.CN1CC(N)C(C(=O)NCCN2CCOCC2)C1. The highest BCUT2D eigenvalue weighted by atomic mass is 16.5. The lowest BCUT2D eigenvalue weighted by atomic mass is 10.0. The number of ether oxygens (including phenoxy) is 1. The molecule has 2 aliphatic heterocycles. The van der Waals surface area contributed by atoms with Gasteiger partial charge in [-0.15, -0.1) is 0 Å². The van der Waals surface area contributed by atoms with E-state index in [-0.39, 0.29) is 17.9 Å². The minimum atomic E-state index is -0.0558. The molecule has 0 aromatic carbocycles.